The van der Waals surface area contributed by atoms with Gasteiger partial charge in [0.15, 0.2) is 0 Å². The molecule has 2 N–H and O–H groups in total. The highest BCUT2D eigenvalue weighted by atomic mass is 32.2. The summed E-state index contributed by atoms with van der Waals surface area (Å²) in [7, 11) is 0. The number of aliphatic carboxylic acids is 1. The highest BCUT2D eigenvalue weighted by molar-refractivity contribution is 7.99. The van der Waals surface area contributed by atoms with Crippen LogP contribution in [0.3, 0.4) is 0 Å². The molecule has 5 heteroatoms. The molecule has 1 rings (SSSR count). The van der Waals surface area contributed by atoms with Gasteiger partial charge >= 0.3 is 5.97 Å². The maximum absolute atomic E-state index is 11.6. The molecule has 1 aromatic heterocycles. The lowest BCUT2D eigenvalue weighted by atomic mass is 9.91. The number of allylic oxidation sites excluding steroid dienone is 1. The lowest BCUT2D eigenvalue weighted by Crippen LogP contribution is -2.32. The first-order chi connectivity index (χ1) is 16.2. The third-order valence-electron chi connectivity index (χ3n) is 6.51. The van der Waals surface area contributed by atoms with Crippen molar-refractivity contribution in [1.29, 1.82) is 0 Å². The maximum Gasteiger partial charge on any atom is 0.327 e. The number of aromatic nitrogens is 1. The smallest absolute Gasteiger partial charge is 0.327 e. The Morgan fingerprint density at radius 1 is 1.06 bits per heavy atom. The average molecular weight is 491 g/mol. The molecule has 3 unspecified atom stereocenters. The summed E-state index contributed by atoms with van der Waals surface area (Å²) in [5, 5.41) is 12.6. The number of carboxylic acid groups (broad SMARTS) is 1. The van der Waals surface area contributed by atoms with Crippen molar-refractivity contribution >= 4 is 23.5 Å². The monoisotopic (exact) mass is 490 g/mol. The van der Waals surface area contributed by atoms with Crippen molar-refractivity contribution in [3.63, 3.8) is 0 Å². The maximum atomic E-state index is 11.6. The molecule has 194 valence electrons. The van der Waals surface area contributed by atoms with Gasteiger partial charge in [-0.05, 0) is 62.1 Å². The van der Waals surface area contributed by atoms with Crippen LogP contribution in [0.5, 0.6) is 0 Å². The van der Waals surface area contributed by atoms with Gasteiger partial charge in [-0.25, -0.2) is 9.78 Å². The van der Waals surface area contributed by atoms with Crippen LogP contribution in [0.15, 0.2) is 30.0 Å². The molecule has 0 saturated carbocycles. The first-order valence-electron chi connectivity index (χ1n) is 13.3. The van der Waals surface area contributed by atoms with Crippen molar-refractivity contribution in [2.45, 2.75) is 105 Å². The topological polar surface area (TPSA) is 62.2 Å². The number of aryl methyl sites for hydroxylation is 1. The first kappa shape index (κ1) is 30.5. The number of hydrogen-bond donors (Lipinski definition) is 2. The van der Waals surface area contributed by atoms with E-state index in [0.717, 1.165) is 35.5 Å². The van der Waals surface area contributed by atoms with E-state index in [4.69, 9.17) is 0 Å². The van der Waals surface area contributed by atoms with E-state index >= 15 is 0 Å². The number of carbonyl (C=O) groups is 1. The molecule has 34 heavy (non-hydrogen) atoms. The SMILES string of the molecule is CC(=CCSCC(Nc1cc(C)ccn1)C(=O)O)CCCC(C)CCCC(C)CCCC(C)C. The Labute approximate surface area is 213 Å². The fraction of sp³-hybridized carbons (Fsp3) is 0.724. The van der Waals surface area contributed by atoms with Crippen molar-refractivity contribution in [2.24, 2.45) is 17.8 Å². The molecule has 0 aliphatic carbocycles. The van der Waals surface area contributed by atoms with Crippen molar-refractivity contribution in [1.82, 2.24) is 4.98 Å². The van der Waals surface area contributed by atoms with E-state index in [1.807, 2.05) is 19.1 Å². The molecular weight excluding hydrogens is 440 g/mol. The standard InChI is InChI=1S/C29H50N2O2S/c1-22(2)10-7-11-23(3)12-8-13-24(4)14-9-15-25(5)17-19-34-21-27(29(32)33)31-28-20-26(6)16-18-30-28/h16-18,20,22-24,27H,7-15,19,21H2,1-6H3,(H,30,31)(H,32,33). The van der Waals surface area contributed by atoms with Gasteiger partial charge in [-0.2, -0.15) is 11.8 Å². The number of hydrogen-bond acceptors (Lipinski definition) is 4. The van der Waals surface area contributed by atoms with Gasteiger partial charge in [0, 0.05) is 17.7 Å². The Morgan fingerprint density at radius 2 is 1.68 bits per heavy atom. The summed E-state index contributed by atoms with van der Waals surface area (Å²) in [4.78, 5) is 15.8. The Kier molecular flexibility index (Phi) is 16.1. The minimum atomic E-state index is -0.838. The largest absolute Gasteiger partial charge is 0.480 e. The molecule has 4 nitrogen and oxygen atoms in total. The van der Waals surface area contributed by atoms with E-state index in [-0.39, 0.29) is 0 Å². The molecule has 0 saturated heterocycles. The van der Waals surface area contributed by atoms with Gasteiger partial charge in [0.05, 0.1) is 0 Å². The fourth-order valence-corrected chi connectivity index (χ4v) is 5.16. The lowest BCUT2D eigenvalue weighted by molar-refractivity contribution is -0.137. The van der Waals surface area contributed by atoms with Crippen LogP contribution in [0.1, 0.15) is 98.0 Å². The quantitative estimate of drug-likeness (QED) is 0.151. The minimum Gasteiger partial charge on any atom is -0.480 e. The first-order valence-corrected chi connectivity index (χ1v) is 14.5. The lowest BCUT2D eigenvalue weighted by Gasteiger charge is -2.15. The molecular formula is C29H50N2O2S. The van der Waals surface area contributed by atoms with Gasteiger partial charge in [-0.3, -0.25) is 0 Å². The van der Waals surface area contributed by atoms with Crippen LogP contribution in [-0.4, -0.2) is 33.6 Å². The van der Waals surface area contributed by atoms with Gasteiger partial charge in [0.25, 0.3) is 0 Å². The van der Waals surface area contributed by atoms with Crippen LogP contribution in [-0.2, 0) is 4.79 Å². The van der Waals surface area contributed by atoms with E-state index in [1.165, 1.54) is 56.9 Å². The van der Waals surface area contributed by atoms with Crippen LogP contribution >= 0.6 is 11.8 Å². The summed E-state index contributed by atoms with van der Waals surface area (Å²) in [6, 6.07) is 3.15. The molecule has 0 aliphatic heterocycles. The zero-order chi connectivity index (χ0) is 25.3. The summed E-state index contributed by atoms with van der Waals surface area (Å²) in [5.74, 6) is 3.67. The van der Waals surface area contributed by atoms with Crippen LogP contribution < -0.4 is 5.32 Å². The zero-order valence-electron chi connectivity index (χ0n) is 22.6. The molecule has 0 amide bonds. The van der Waals surface area contributed by atoms with Crippen molar-refractivity contribution in [3.8, 4) is 0 Å². The van der Waals surface area contributed by atoms with Gasteiger partial charge in [0.1, 0.15) is 11.9 Å². The minimum absolute atomic E-state index is 0.516. The van der Waals surface area contributed by atoms with Crippen molar-refractivity contribution < 1.29 is 9.90 Å². The molecule has 1 heterocycles. The number of anilines is 1. The second-order valence-corrected chi connectivity index (χ2v) is 11.8. The van der Waals surface area contributed by atoms with Crippen LogP contribution in [0.25, 0.3) is 0 Å². The molecule has 1 aromatic rings. The summed E-state index contributed by atoms with van der Waals surface area (Å²) >= 11 is 1.65. The van der Waals surface area contributed by atoms with Gasteiger partial charge in [0.2, 0.25) is 0 Å². The third kappa shape index (κ3) is 15.4. The Bertz CT molecular complexity index is 720. The van der Waals surface area contributed by atoms with Gasteiger partial charge < -0.3 is 10.4 Å². The number of nitrogens with zero attached hydrogens (tertiary/aromatic N) is 1. The van der Waals surface area contributed by atoms with Gasteiger partial charge in [-0.15, -0.1) is 0 Å². The summed E-state index contributed by atoms with van der Waals surface area (Å²) in [6.07, 6.45) is 15.9. The molecule has 0 fully saturated rings. The van der Waals surface area contributed by atoms with Crippen LogP contribution in [0, 0.1) is 24.7 Å². The fourth-order valence-electron chi connectivity index (χ4n) is 4.16. The number of rotatable bonds is 19. The number of pyridine rings is 1. The molecule has 0 bridgehead atoms. The van der Waals surface area contributed by atoms with E-state index in [1.54, 1.807) is 18.0 Å². The summed E-state index contributed by atoms with van der Waals surface area (Å²) in [5.41, 5.74) is 2.48. The van der Waals surface area contributed by atoms with E-state index in [2.05, 4.69) is 51.0 Å². The second kappa shape index (κ2) is 17.9. The normalized spacial score (nSPS) is 14.7. The van der Waals surface area contributed by atoms with E-state index in [0.29, 0.717) is 11.6 Å². The Balaban J connectivity index is 2.17. The van der Waals surface area contributed by atoms with E-state index < -0.39 is 12.0 Å². The van der Waals surface area contributed by atoms with Crippen molar-refractivity contribution in [2.75, 3.05) is 16.8 Å². The second-order valence-electron chi connectivity index (χ2n) is 10.7. The number of nitrogens with one attached hydrogen (secondary N) is 1. The van der Waals surface area contributed by atoms with Crippen LogP contribution in [0.4, 0.5) is 5.82 Å². The number of carboxylic acids is 1. The molecule has 0 radical (unpaired) electrons. The third-order valence-corrected chi connectivity index (χ3v) is 7.48. The average Bonchev–Trinajstić information content (AvgIpc) is 2.75. The van der Waals surface area contributed by atoms with E-state index in [9.17, 15) is 9.90 Å². The van der Waals surface area contributed by atoms with Crippen LogP contribution in [0.2, 0.25) is 0 Å². The molecule has 0 spiro atoms. The predicted molar refractivity (Wildman–Crippen MR) is 150 cm³/mol. The van der Waals surface area contributed by atoms with Crippen molar-refractivity contribution in [3.05, 3.63) is 35.5 Å². The highest BCUT2D eigenvalue weighted by Crippen LogP contribution is 2.22. The molecule has 0 aliphatic rings. The zero-order valence-corrected chi connectivity index (χ0v) is 23.4. The summed E-state index contributed by atoms with van der Waals surface area (Å²) < 4.78 is 0. The molecule has 0 aromatic carbocycles. The Morgan fingerprint density at radius 3 is 2.26 bits per heavy atom. The summed E-state index contributed by atoms with van der Waals surface area (Å²) in [6.45, 7) is 13.6. The van der Waals surface area contributed by atoms with Gasteiger partial charge in [-0.1, -0.05) is 84.3 Å². The highest BCUT2D eigenvalue weighted by Gasteiger charge is 2.17. The number of thioether (sulfide) groups is 1. The Hall–Kier alpha value is -1.49. The predicted octanol–water partition coefficient (Wildman–Crippen LogP) is 8.37. The molecule has 3 atom stereocenters.